The van der Waals surface area contributed by atoms with Crippen LogP contribution in [0.5, 0.6) is 0 Å². The zero-order valence-corrected chi connectivity index (χ0v) is 14.8. The van der Waals surface area contributed by atoms with Gasteiger partial charge >= 0.3 is 0 Å². The number of amides is 1. The molecule has 1 amide bonds. The highest BCUT2D eigenvalue weighted by Gasteiger charge is 2.24. The number of H-pyrrole nitrogens is 1. The molecular formula is C19H21FN6O. The summed E-state index contributed by atoms with van der Waals surface area (Å²) in [5.41, 5.74) is 7.55. The molecule has 0 unspecified atom stereocenters. The third kappa shape index (κ3) is 3.75. The van der Waals surface area contributed by atoms with Crippen LogP contribution >= 0.6 is 0 Å². The van der Waals surface area contributed by atoms with Crippen molar-refractivity contribution in [3.8, 4) is 5.69 Å². The molecule has 0 bridgehead atoms. The molecule has 140 valence electrons. The number of nitrogens with zero attached hydrogens (tertiary/aromatic N) is 4. The minimum atomic E-state index is -0.486. The van der Waals surface area contributed by atoms with Crippen LogP contribution in [0.4, 0.5) is 4.39 Å². The van der Waals surface area contributed by atoms with E-state index < -0.39 is 5.91 Å². The van der Waals surface area contributed by atoms with Gasteiger partial charge in [-0.25, -0.2) is 14.1 Å². The quantitative estimate of drug-likeness (QED) is 0.722. The molecule has 4 rings (SSSR count). The SMILES string of the molecule is NC(=O)c1cnc(C2CCN(Cc3ccnn3-c3ccc(F)cc3)CC2)[nH]1. The summed E-state index contributed by atoms with van der Waals surface area (Å²) in [6.45, 7) is 2.62. The standard InChI is InChI=1S/C19H21FN6O/c20-14-1-3-15(4-2-14)26-16(5-8-23-26)12-25-9-6-13(7-10-25)19-22-11-17(24-19)18(21)27/h1-5,8,11,13H,6-7,9-10,12H2,(H2,21,27)(H,22,24). The number of benzene rings is 1. The van der Waals surface area contributed by atoms with Crippen LogP contribution in [0.1, 0.15) is 40.8 Å². The summed E-state index contributed by atoms with van der Waals surface area (Å²) in [6, 6.07) is 8.32. The Morgan fingerprint density at radius 2 is 1.96 bits per heavy atom. The van der Waals surface area contributed by atoms with Gasteiger partial charge in [0.1, 0.15) is 17.3 Å². The summed E-state index contributed by atoms with van der Waals surface area (Å²) in [4.78, 5) is 20.9. The van der Waals surface area contributed by atoms with Crippen molar-refractivity contribution in [2.45, 2.75) is 25.3 Å². The van der Waals surface area contributed by atoms with Gasteiger partial charge in [0.2, 0.25) is 0 Å². The minimum absolute atomic E-state index is 0.257. The number of nitrogens with two attached hydrogens (primary N) is 1. The number of nitrogens with one attached hydrogen (secondary N) is 1. The van der Waals surface area contributed by atoms with E-state index in [1.165, 1.54) is 18.3 Å². The normalized spacial score (nSPS) is 15.9. The van der Waals surface area contributed by atoms with Gasteiger partial charge in [0.05, 0.1) is 17.6 Å². The molecule has 0 spiro atoms. The number of piperidine rings is 1. The fourth-order valence-electron chi connectivity index (χ4n) is 3.53. The fraction of sp³-hybridized carbons (Fsp3) is 0.316. The number of carbonyl (C=O) groups excluding carboxylic acids is 1. The molecule has 1 fully saturated rings. The van der Waals surface area contributed by atoms with Crippen LogP contribution < -0.4 is 5.73 Å². The van der Waals surface area contributed by atoms with E-state index in [1.54, 1.807) is 18.3 Å². The van der Waals surface area contributed by atoms with Gasteiger partial charge in [-0.3, -0.25) is 9.69 Å². The van der Waals surface area contributed by atoms with Gasteiger partial charge in [-0.1, -0.05) is 0 Å². The van der Waals surface area contributed by atoms with E-state index in [4.69, 9.17) is 5.73 Å². The lowest BCUT2D eigenvalue weighted by Gasteiger charge is -2.31. The van der Waals surface area contributed by atoms with Gasteiger partial charge in [0.15, 0.2) is 0 Å². The molecule has 8 heteroatoms. The lowest BCUT2D eigenvalue weighted by Crippen LogP contribution is -2.33. The second-order valence-electron chi connectivity index (χ2n) is 6.81. The van der Waals surface area contributed by atoms with Crippen LogP contribution in [0.3, 0.4) is 0 Å². The van der Waals surface area contributed by atoms with Crippen molar-refractivity contribution in [2.24, 2.45) is 5.73 Å². The first-order valence-electron chi connectivity index (χ1n) is 8.96. The van der Waals surface area contributed by atoms with Gasteiger partial charge < -0.3 is 10.7 Å². The number of primary amides is 1. The van der Waals surface area contributed by atoms with Crippen LogP contribution in [-0.2, 0) is 6.54 Å². The van der Waals surface area contributed by atoms with Gasteiger partial charge in [-0.2, -0.15) is 5.10 Å². The second kappa shape index (κ2) is 7.32. The fourth-order valence-corrected chi connectivity index (χ4v) is 3.53. The van der Waals surface area contributed by atoms with E-state index in [1.807, 2.05) is 10.7 Å². The molecule has 0 saturated carbocycles. The third-order valence-electron chi connectivity index (χ3n) is 5.01. The van der Waals surface area contributed by atoms with Crippen molar-refractivity contribution in [1.82, 2.24) is 24.6 Å². The summed E-state index contributed by atoms with van der Waals surface area (Å²) in [6.07, 6.45) is 5.18. The number of aromatic nitrogens is 4. The number of imidazole rings is 1. The predicted octanol–water partition coefficient (Wildman–Crippen LogP) is 2.21. The highest BCUT2D eigenvalue weighted by molar-refractivity contribution is 5.90. The van der Waals surface area contributed by atoms with Gasteiger partial charge in [-0.05, 0) is 56.3 Å². The molecule has 1 aliphatic heterocycles. The molecule has 7 nitrogen and oxygen atoms in total. The van der Waals surface area contributed by atoms with E-state index >= 15 is 0 Å². The average Bonchev–Trinajstić information content (AvgIpc) is 3.33. The lowest BCUT2D eigenvalue weighted by molar-refractivity contribution is 0.0996. The van der Waals surface area contributed by atoms with Crippen molar-refractivity contribution in [3.63, 3.8) is 0 Å². The van der Waals surface area contributed by atoms with Crippen molar-refractivity contribution < 1.29 is 9.18 Å². The Morgan fingerprint density at radius 1 is 1.22 bits per heavy atom. The highest BCUT2D eigenvalue weighted by atomic mass is 19.1. The molecule has 3 aromatic rings. The van der Waals surface area contributed by atoms with Gasteiger partial charge in [0.25, 0.3) is 5.91 Å². The second-order valence-corrected chi connectivity index (χ2v) is 6.81. The summed E-state index contributed by atoms with van der Waals surface area (Å²) in [5.74, 6) is 0.392. The molecule has 0 radical (unpaired) electrons. The average molecular weight is 368 g/mol. The molecule has 2 aromatic heterocycles. The number of halogens is 1. The van der Waals surface area contributed by atoms with Crippen molar-refractivity contribution in [2.75, 3.05) is 13.1 Å². The first-order chi connectivity index (χ1) is 13.1. The Labute approximate surface area is 156 Å². The summed E-state index contributed by atoms with van der Waals surface area (Å²) < 4.78 is 15.0. The summed E-state index contributed by atoms with van der Waals surface area (Å²) in [5, 5.41) is 4.37. The number of carbonyl (C=O) groups is 1. The number of hydrogen-bond acceptors (Lipinski definition) is 4. The Balaban J connectivity index is 1.39. The maximum Gasteiger partial charge on any atom is 0.266 e. The van der Waals surface area contributed by atoms with Crippen LogP contribution in [0, 0.1) is 5.82 Å². The molecule has 1 aliphatic rings. The Bertz CT molecular complexity index is 924. The Morgan fingerprint density at radius 3 is 2.63 bits per heavy atom. The van der Waals surface area contributed by atoms with Crippen molar-refractivity contribution in [3.05, 3.63) is 65.8 Å². The number of likely N-dealkylation sites (tertiary alicyclic amines) is 1. The van der Waals surface area contributed by atoms with E-state index in [9.17, 15) is 9.18 Å². The largest absolute Gasteiger partial charge is 0.364 e. The molecule has 27 heavy (non-hydrogen) atoms. The van der Waals surface area contributed by atoms with Gasteiger partial charge in [0, 0.05) is 18.7 Å². The molecule has 3 heterocycles. The Kier molecular flexibility index (Phi) is 4.72. The van der Waals surface area contributed by atoms with Crippen molar-refractivity contribution >= 4 is 5.91 Å². The smallest absolute Gasteiger partial charge is 0.266 e. The molecule has 0 aliphatic carbocycles. The predicted molar refractivity (Wildman–Crippen MR) is 97.9 cm³/mol. The van der Waals surface area contributed by atoms with E-state index in [0.717, 1.165) is 49.7 Å². The molecule has 0 atom stereocenters. The monoisotopic (exact) mass is 368 g/mol. The van der Waals surface area contributed by atoms with Crippen LogP contribution in [0.15, 0.2) is 42.7 Å². The molecule has 1 saturated heterocycles. The molecule has 1 aromatic carbocycles. The maximum atomic E-state index is 13.2. The maximum absolute atomic E-state index is 13.2. The number of rotatable bonds is 5. The van der Waals surface area contributed by atoms with Gasteiger partial charge in [-0.15, -0.1) is 0 Å². The summed E-state index contributed by atoms with van der Waals surface area (Å²) >= 11 is 0. The highest BCUT2D eigenvalue weighted by Crippen LogP contribution is 2.27. The third-order valence-corrected chi connectivity index (χ3v) is 5.01. The van der Waals surface area contributed by atoms with E-state index in [-0.39, 0.29) is 5.82 Å². The molecule has 3 N–H and O–H groups in total. The number of hydrogen-bond donors (Lipinski definition) is 2. The van der Waals surface area contributed by atoms with Crippen LogP contribution in [-0.4, -0.2) is 43.6 Å². The van der Waals surface area contributed by atoms with Crippen LogP contribution in [0.25, 0.3) is 5.69 Å². The minimum Gasteiger partial charge on any atom is -0.364 e. The zero-order chi connectivity index (χ0) is 18.8. The topological polar surface area (TPSA) is 92.8 Å². The van der Waals surface area contributed by atoms with E-state index in [2.05, 4.69) is 20.0 Å². The summed E-state index contributed by atoms with van der Waals surface area (Å²) in [7, 11) is 0. The zero-order valence-electron chi connectivity index (χ0n) is 14.8. The number of aromatic amines is 1. The lowest BCUT2D eigenvalue weighted by atomic mass is 9.96. The molecular weight excluding hydrogens is 347 g/mol. The first kappa shape index (κ1) is 17.4. The van der Waals surface area contributed by atoms with Crippen LogP contribution in [0.2, 0.25) is 0 Å². The Hall–Kier alpha value is -3.00. The van der Waals surface area contributed by atoms with E-state index in [0.29, 0.717) is 11.6 Å². The van der Waals surface area contributed by atoms with Crippen molar-refractivity contribution in [1.29, 1.82) is 0 Å². The first-order valence-corrected chi connectivity index (χ1v) is 8.96.